The van der Waals surface area contributed by atoms with Crippen LogP contribution in [0.4, 0.5) is 5.69 Å². The first-order valence-electron chi connectivity index (χ1n) is 6.68. The lowest BCUT2D eigenvalue weighted by molar-refractivity contribution is -0.138. The highest BCUT2D eigenvalue weighted by molar-refractivity contribution is 5.87. The number of methoxy groups -OCH3 is 1. The summed E-state index contributed by atoms with van der Waals surface area (Å²) in [5.41, 5.74) is 2.75. The van der Waals surface area contributed by atoms with Gasteiger partial charge in [-0.2, -0.15) is 0 Å². The van der Waals surface area contributed by atoms with Crippen LogP contribution in [-0.4, -0.2) is 29.8 Å². The maximum absolute atomic E-state index is 11.4. The van der Waals surface area contributed by atoms with Crippen LogP contribution in [-0.2, 0) is 4.79 Å². The van der Waals surface area contributed by atoms with Gasteiger partial charge >= 0.3 is 5.97 Å². The van der Waals surface area contributed by atoms with Crippen molar-refractivity contribution >= 4 is 17.2 Å². The minimum absolute atomic E-state index is 0.344. The Labute approximate surface area is 119 Å². The third-order valence-electron chi connectivity index (χ3n) is 3.82. The van der Waals surface area contributed by atoms with Crippen molar-refractivity contribution in [3.63, 3.8) is 0 Å². The largest absolute Gasteiger partial charge is 0.497 e. The molecular formula is C16H21NO3. The van der Waals surface area contributed by atoms with Crippen molar-refractivity contribution in [1.29, 1.82) is 0 Å². The number of rotatable bonds is 3. The summed E-state index contributed by atoms with van der Waals surface area (Å²) in [7, 11) is 1.63. The van der Waals surface area contributed by atoms with Crippen molar-refractivity contribution in [2.24, 2.45) is 0 Å². The third kappa shape index (κ3) is 2.26. The maximum atomic E-state index is 11.4. The normalized spacial score (nSPS) is 18.1. The lowest BCUT2D eigenvalue weighted by Crippen LogP contribution is -2.53. The van der Waals surface area contributed by atoms with Crippen LogP contribution in [0.2, 0.25) is 0 Å². The maximum Gasteiger partial charge on any atom is 0.326 e. The monoisotopic (exact) mass is 275 g/mol. The summed E-state index contributed by atoms with van der Waals surface area (Å²) < 4.78 is 5.26. The van der Waals surface area contributed by atoms with Gasteiger partial charge in [0.05, 0.1) is 12.6 Å². The summed E-state index contributed by atoms with van der Waals surface area (Å²) in [6.45, 7) is 7.82. The molecule has 1 aliphatic rings. The quantitative estimate of drug-likeness (QED) is 0.920. The molecule has 1 heterocycles. The molecule has 2 rings (SSSR count). The minimum Gasteiger partial charge on any atom is -0.497 e. The highest BCUT2D eigenvalue weighted by atomic mass is 16.5. The van der Waals surface area contributed by atoms with E-state index in [0.717, 1.165) is 22.6 Å². The number of anilines is 1. The van der Waals surface area contributed by atoms with Gasteiger partial charge < -0.3 is 14.7 Å². The summed E-state index contributed by atoms with van der Waals surface area (Å²) in [6.07, 6.45) is 2.11. The number of carboxylic acid groups (broad SMARTS) is 1. The molecule has 4 nitrogen and oxygen atoms in total. The molecule has 0 radical (unpaired) electrons. The molecule has 4 heteroatoms. The Morgan fingerprint density at radius 3 is 2.60 bits per heavy atom. The Morgan fingerprint density at radius 1 is 1.40 bits per heavy atom. The lowest BCUT2D eigenvalue weighted by Gasteiger charge is -2.45. The van der Waals surface area contributed by atoms with Crippen LogP contribution >= 0.6 is 0 Å². The summed E-state index contributed by atoms with van der Waals surface area (Å²) >= 11 is 0. The number of ether oxygens (including phenoxy) is 1. The van der Waals surface area contributed by atoms with Gasteiger partial charge in [-0.3, -0.25) is 0 Å². The molecule has 0 aromatic heterocycles. The van der Waals surface area contributed by atoms with E-state index in [1.54, 1.807) is 14.0 Å². The fourth-order valence-corrected chi connectivity index (χ4v) is 2.97. The SMILES string of the molecule is COc1ccc2c(c1)C(C)=CC(C)(C)N2[C@H](C)C(=O)O. The summed E-state index contributed by atoms with van der Waals surface area (Å²) in [6, 6.07) is 5.17. The molecule has 108 valence electrons. The molecule has 1 aliphatic heterocycles. The Morgan fingerprint density at radius 2 is 2.05 bits per heavy atom. The van der Waals surface area contributed by atoms with E-state index in [1.165, 1.54) is 0 Å². The predicted octanol–water partition coefficient (Wildman–Crippen LogP) is 3.17. The fourth-order valence-electron chi connectivity index (χ4n) is 2.97. The van der Waals surface area contributed by atoms with Gasteiger partial charge in [0, 0.05) is 11.3 Å². The molecule has 1 atom stereocenters. The standard InChI is InChI=1S/C16H21NO3/c1-10-9-16(3,4)17(11(2)15(18)19)14-7-6-12(20-5)8-13(10)14/h6-9,11H,1-5H3,(H,18,19)/t11-/m1/s1. The summed E-state index contributed by atoms with van der Waals surface area (Å²) in [5.74, 6) is -0.0491. The summed E-state index contributed by atoms with van der Waals surface area (Å²) in [5, 5.41) is 9.37. The molecule has 20 heavy (non-hydrogen) atoms. The second-order valence-corrected chi connectivity index (χ2v) is 5.75. The highest BCUT2D eigenvalue weighted by Crippen LogP contribution is 2.41. The van der Waals surface area contributed by atoms with Crippen LogP contribution in [0.3, 0.4) is 0 Å². The number of nitrogens with zero attached hydrogens (tertiary/aromatic N) is 1. The Bertz CT molecular complexity index is 575. The van der Waals surface area contributed by atoms with E-state index in [0.29, 0.717) is 0 Å². The average molecular weight is 275 g/mol. The van der Waals surface area contributed by atoms with E-state index in [-0.39, 0.29) is 5.54 Å². The first kappa shape index (κ1) is 14.4. The molecule has 0 fully saturated rings. The van der Waals surface area contributed by atoms with Crippen LogP contribution in [0.15, 0.2) is 24.3 Å². The first-order chi connectivity index (χ1) is 9.27. The van der Waals surface area contributed by atoms with Gasteiger partial charge in [0.25, 0.3) is 0 Å². The summed E-state index contributed by atoms with van der Waals surface area (Å²) in [4.78, 5) is 13.4. The molecule has 0 amide bonds. The van der Waals surface area contributed by atoms with E-state index in [2.05, 4.69) is 6.08 Å². The molecule has 1 aromatic rings. The van der Waals surface area contributed by atoms with E-state index >= 15 is 0 Å². The molecule has 0 saturated heterocycles. The predicted molar refractivity (Wildman–Crippen MR) is 80.3 cm³/mol. The molecule has 0 spiro atoms. The number of hydrogen-bond donors (Lipinski definition) is 1. The average Bonchev–Trinajstić information content (AvgIpc) is 2.37. The molecule has 0 aliphatic carbocycles. The van der Waals surface area contributed by atoms with Crippen LogP contribution in [0.25, 0.3) is 5.57 Å². The fraction of sp³-hybridized carbons (Fsp3) is 0.438. The molecule has 1 aromatic carbocycles. The number of hydrogen-bond acceptors (Lipinski definition) is 3. The molecule has 0 bridgehead atoms. The van der Waals surface area contributed by atoms with Crippen molar-refractivity contribution in [3.8, 4) is 5.75 Å². The van der Waals surface area contributed by atoms with E-state index in [1.807, 2.05) is 43.9 Å². The van der Waals surface area contributed by atoms with Gasteiger partial charge in [0.15, 0.2) is 0 Å². The van der Waals surface area contributed by atoms with Gasteiger partial charge in [-0.15, -0.1) is 0 Å². The lowest BCUT2D eigenvalue weighted by atomic mass is 9.87. The van der Waals surface area contributed by atoms with E-state index in [4.69, 9.17) is 4.74 Å². The van der Waals surface area contributed by atoms with E-state index < -0.39 is 12.0 Å². The molecule has 0 saturated carbocycles. The van der Waals surface area contributed by atoms with Gasteiger partial charge in [-0.05, 0) is 51.5 Å². The van der Waals surface area contributed by atoms with Crippen molar-refractivity contribution in [2.75, 3.05) is 12.0 Å². The smallest absolute Gasteiger partial charge is 0.326 e. The second-order valence-electron chi connectivity index (χ2n) is 5.75. The number of aliphatic carboxylic acids is 1. The Kier molecular flexibility index (Phi) is 3.50. The molecule has 1 N–H and O–H groups in total. The van der Waals surface area contributed by atoms with Crippen molar-refractivity contribution < 1.29 is 14.6 Å². The van der Waals surface area contributed by atoms with Crippen LogP contribution in [0.1, 0.15) is 33.3 Å². The zero-order chi connectivity index (χ0) is 15.1. The minimum atomic E-state index is -0.826. The molecule has 0 unspecified atom stereocenters. The van der Waals surface area contributed by atoms with Gasteiger partial charge in [0.1, 0.15) is 11.8 Å². The number of carbonyl (C=O) groups is 1. The van der Waals surface area contributed by atoms with Crippen molar-refractivity contribution in [1.82, 2.24) is 0 Å². The number of fused-ring (bicyclic) bond motifs is 1. The zero-order valence-corrected chi connectivity index (χ0v) is 12.6. The van der Waals surface area contributed by atoms with Crippen molar-refractivity contribution in [2.45, 2.75) is 39.3 Å². The Hall–Kier alpha value is -1.97. The van der Waals surface area contributed by atoms with Crippen molar-refractivity contribution in [3.05, 3.63) is 29.8 Å². The van der Waals surface area contributed by atoms with E-state index in [9.17, 15) is 9.90 Å². The van der Waals surface area contributed by atoms with Gasteiger partial charge in [-0.1, -0.05) is 6.08 Å². The third-order valence-corrected chi connectivity index (χ3v) is 3.82. The number of carboxylic acids is 1. The topological polar surface area (TPSA) is 49.8 Å². The second kappa shape index (κ2) is 4.85. The first-order valence-corrected chi connectivity index (χ1v) is 6.68. The highest BCUT2D eigenvalue weighted by Gasteiger charge is 2.37. The van der Waals surface area contributed by atoms with Gasteiger partial charge in [-0.25, -0.2) is 4.79 Å². The van der Waals surface area contributed by atoms with Crippen LogP contribution in [0.5, 0.6) is 5.75 Å². The molecular weight excluding hydrogens is 254 g/mol. The zero-order valence-electron chi connectivity index (χ0n) is 12.6. The van der Waals surface area contributed by atoms with Crippen LogP contribution < -0.4 is 9.64 Å². The van der Waals surface area contributed by atoms with Gasteiger partial charge in [0.2, 0.25) is 0 Å². The number of benzene rings is 1. The Balaban J connectivity index is 2.62. The van der Waals surface area contributed by atoms with Crippen LogP contribution in [0, 0.1) is 0 Å². The number of allylic oxidation sites excluding steroid dienone is 1.